The number of rotatable bonds is 6. The van der Waals surface area contributed by atoms with Gasteiger partial charge in [-0.3, -0.25) is 4.79 Å². The third kappa shape index (κ3) is 5.26. The van der Waals surface area contributed by atoms with Crippen molar-refractivity contribution in [3.8, 4) is 11.8 Å². The highest BCUT2D eigenvalue weighted by Crippen LogP contribution is 2.20. The summed E-state index contributed by atoms with van der Waals surface area (Å²) in [7, 11) is 1.64. The van der Waals surface area contributed by atoms with E-state index in [-0.39, 0.29) is 18.9 Å². The van der Waals surface area contributed by atoms with Gasteiger partial charge in [0.05, 0.1) is 30.0 Å². The van der Waals surface area contributed by atoms with Crippen molar-refractivity contribution in [3.63, 3.8) is 0 Å². The van der Waals surface area contributed by atoms with E-state index in [9.17, 15) is 9.18 Å². The Morgan fingerprint density at radius 2 is 2.32 bits per heavy atom. The van der Waals surface area contributed by atoms with Crippen molar-refractivity contribution in [1.29, 1.82) is 5.26 Å². The van der Waals surface area contributed by atoms with Crippen LogP contribution in [-0.2, 0) is 4.79 Å². The van der Waals surface area contributed by atoms with Gasteiger partial charge in [0.2, 0.25) is 5.91 Å². The molecule has 0 saturated heterocycles. The van der Waals surface area contributed by atoms with E-state index >= 15 is 0 Å². The lowest BCUT2D eigenvalue weighted by Crippen LogP contribution is -2.28. The highest BCUT2D eigenvalue weighted by molar-refractivity contribution is 9.10. The monoisotopic (exact) mass is 328 g/mol. The number of carbonyl (C=O) groups excluding carboxylic acids is 1. The SMILES string of the molecule is CN(CCC#N)C(=O)CCOc1ccc(Br)c(F)c1. The van der Waals surface area contributed by atoms with Gasteiger partial charge in [-0.1, -0.05) is 0 Å². The van der Waals surface area contributed by atoms with Gasteiger partial charge in [-0.05, 0) is 28.1 Å². The molecule has 1 rings (SSSR count). The number of hydrogen-bond acceptors (Lipinski definition) is 3. The smallest absolute Gasteiger partial charge is 0.225 e. The van der Waals surface area contributed by atoms with Gasteiger partial charge in [0, 0.05) is 19.7 Å². The second-order valence-corrected chi connectivity index (χ2v) is 4.75. The Balaban J connectivity index is 2.35. The maximum atomic E-state index is 13.2. The summed E-state index contributed by atoms with van der Waals surface area (Å²) in [5.41, 5.74) is 0. The number of amides is 1. The molecule has 0 spiro atoms. The van der Waals surface area contributed by atoms with Crippen LogP contribution in [0.2, 0.25) is 0 Å². The molecule has 1 aromatic rings. The molecule has 1 amide bonds. The summed E-state index contributed by atoms with van der Waals surface area (Å²) in [6.45, 7) is 0.582. The summed E-state index contributed by atoms with van der Waals surface area (Å²) in [6, 6.07) is 6.40. The fourth-order valence-electron chi connectivity index (χ4n) is 1.36. The Labute approximate surface area is 119 Å². The molecule has 0 saturated carbocycles. The van der Waals surface area contributed by atoms with Crippen LogP contribution >= 0.6 is 15.9 Å². The van der Waals surface area contributed by atoms with Crippen molar-refractivity contribution >= 4 is 21.8 Å². The van der Waals surface area contributed by atoms with Crippen LogP contribution in [0.4, 0.5) is 4.39 Å². The van der Waals surface area contributed by atoms with Gasteiger partial charge in [0.15, 0.2) is 0 Å². The van der Waals surface area contributed by atoms with Gasteiger partial charge in [-0.2, -0.15) is 5.26 Å². The largest absolute Gasteiger partial charge is 0.493 e. The maximum absolute atomic E-state index is 13.2. The molecule has 1 aromatic carbocycles. The van der Waals surface area contributed by atoms with E-state index in [2.05, 4.69) is 15.9 Å². The van der Waals surface area contributed by atoms with E-state index in [0.29, 0.717) is 23.2 Å². The molecule has 0 unspecified atom stereocenters. The summed E-state index contributed by atoms with van der Waals surface area (Å²) >= 11 is 3.05. The average Bonchev–Trinajstić information content (AvgIpc) is 2.39. The zero-order chi connectivity index (χ0) is 14.3. The molecule has 6 heteroatoms. The molecule has 19 heavy (non-hydrogen) atoms. The third-order valence-corrected chi connectivity index (χ3v) is 3.10. The number of nitrogens with zero attached hydrogens (tertiary/aromatic N) is 2. The van der Waals surface area contributed by atoms with E-state index < -0.39 is 5.82 Å². The Morgan fingerprint density at radius 1 is 1.58 bits per heavy atom. The van der Waals surface area contributed by atoms with Crippen molar-refractivity contribution in [2.24, 2.45) is 0 Å². The Kier molecular flexibility index (Phi) is 6.30. The van der Waals surface area contributed by atoms with Gasteiger partial charge >= 0.3 is 0 Å². The number of benzene rings is 1. The minimum Gasteiger partial charge on any atom is -0.493 e. The van der Waals surface area contributed by atoms with Crippen LogP contribution in [0, 0.1) is 17.1 Å². The highest BCUT2D eigenvalue weighted by Gasteiger charge is 2.08. The van der Waals surface area contributed by atoms with E-state index in [4.69, 9.17) is 10.00 Å². The molecule has 0 aliphatic heterocycles. The summed E-state index contributed by atoms with van der Waals surface area (Å²) in [6.07, 6.45) is 0.501. The van der Waals surface area contributed by atoms with Gasteiger partial charge < -0.3 is 9.64 Å². The van der Waals surface area contributed by atoms with E-state index in [1.807, 2.05) is 6.07 Å². The van der Waals surface area contributed by atoms with Crippen molar-refractivity contribution < 1.29 is 13.9 Å². The second kappa shape index (κ2) is 7.74. The van der Waals surface area contributed by atoms with E-state index in [1.54, 1.807) is 19.2 Å². The first-order chi connectivity index (χ1) is 9.04. The second-order valence-electron chi connectivity index (χ2n) is 3.90. The fourth-order valence-corrected chi connectivity index (χ4v) is 1.60. The van der Waals surface area contributed by atoms with Crippen LogP contribution in [-0.4, -0.2) is 31.0 Å². The van der Waals surface area contributed by atoms with Crippen molar-refractivity contribution in [1.82, 2.24) is 4.90 Å². The predicted molar refractivity (Wildman–Crippen MR) is 72.1 cm³/mol. The molecule has 0 aliphatic rings. The van der Waals surface area contributed by atoms with Gasteiger partial charge in [0.25, 0.3) is 0 Å². The Morgan fingerprint density at radius 3 is 2.95 bits per heavy atom. The van der Waals surface area contributed by atoms with Crippen LogP contribution in [0.25, 0.3) is 0 Å². The van der Waals surface area contributed by atoms with Gasteiger partial charge in [0.1, 0.15) is 11.6 Å². The van der Waals surface area contributed by atoms with Gasteiger partial charge in [-0.25, -0.2) is 4.39 Å². The molecule has 0 aliphatic carbocycles. The molecule has 0 bridgehead atoms. The van der Waals surface area contributed by atoms with Gasteiger partial charge in [-0.15, -0.1) is 0 Å². The first kappa shape index (κ1) is 15.4. The van der Waals surface area contributed by atoms with Crippen molar-refractivity contribution in [2.45, 2.75) is 12.8 Å². The van der Waals surface area contributed by atoms with E-state index in [1.165, 1.54) is 11.0 Å². The number of carbonyl (C=O) groups is 1. The summed E-state index contributed by atoms with van der Waals surface area (Å²) < 4.78 is 18.9. The minimum absolute atomic E-state index is 0.104. The number of halogens is 2. The third-order valence-electron chi connectivity index (χ3n) is 2.46. The fraction of sp³-hybridized carbons (Fsp3) is 0.385. The van der Waals surface area contributed by atoms with Crippen LogP contribution in [0.15, 0.2) is 22.7 Å². The zero-order valence-electron chi connectivity index (χ0n) is 10.5. The van der Waals surface area contributed by atoms with Crippen LogP contribution in [0.1, 0.15) is 12.8 Å². The molecule has 0 N–H and O–H groups in total. The average molecular weight is 329 g/mol. The van der Waals surface area contributed by atoms with E-state index in [0.717, 1.165) is 0 Å². The Hall–Kier alpha value is -1.61. The number of nitriles is 1. The lowest BCUT2D eigenvalue weighted by atomic mass is 10.3. The highest BCUT2D eigenvalue weighted by atomic mass is 79.9. The normalized spacial score (nSPS) is 9.79. The quantitative estimate of drug-likeness (QED) is 0.806. The van der Waals surface area contributed by atoms with Crippen LogP contribution < -0.4 is 4.74 Å². The molecule has 0 heterocycles. The van der Waals surface area contributed by atoms with Crippen LogP contribution in [0.3, 0.4) is 0 Å². The molecule has 0 radical (unpaired) electrons. The zero-order valence-corrected chi connectivity index (χ0v) is 12.1. The predicted octanol–water partition coefficient (Wildman–Crippen LogP) is 2.73. The molecule has 4 nitrogen and oxygen atoms in total. The lowest BCUT2D eigenvalue weighted by molar-refractivity contribution is -0.130. The summed E-state index contributed by atoms with van der Waals surface area (Å²) in [4.78, 5) is 13.1. The minimum atomic E-state index is -0.407. The Bertz CT molecular complexity index is 488. The summed E-state index contributed by atoms with van der Waals surface area (Å²) in [5.74, 6) is -0.129. The first-order valence-corrected chi connectivity index (χ1v) is 6.52. The lowest BCUT2D eigenvalue weighted by Gasteiger charge is -2.15. The first-order valence-electron chi connectivity index (χ1n) is 5.73. The maximum Gasteiger partial charge on any atom is 0.225 e. The molecule has 0 atom stereocenters. The van der Waals surface area contributed by atoms with Crippen molar-refractivity contribution in [3.05, 3.63) is 28.5 Å². The van der Waals surface area contributed by atoms with Crippen LogP contribution in [0.5, 0.6) is 5.75 Å². The molecule has 102 valence electrons. The molecular formula is C13H14BrFN2O2. The summed E-state index contributed by atoms with van der Waals surface area (Å²) in [5, 5.41) is 8.42. The molecular weight excluding hydrogens is 315 g/mol. The van der Waals surface area contributed by atoms with Crippen molar-refractivity contribution in [2.75, 3.05) is 20.2 Å². The standard InChI is InChI=1S/C13H14BrFN2O2/c1-17(7-2-6-16)13(18)5-8-19-10-3-4-11(14)12(15)9-10/h3-4,9H,2,5,7-8H2,1H3. The molecule has 0 fully saturated rings. The number of ether oxygens (including phenoxy) is 1. The molecule has 0 aromatic heterocycles. The topological polar surface area (TPSA) is 53.3 Å². The number of hydrogen-bond donors (Lipinski definition) is 0.